The third kappa shape index (κ3) is 3.74. The van der Waals surface area contributed by atoms with Crippen LogP contribution >= 0.6 is 11.8 Å². The molecule has 0 amide bonds. The number of fused-ring (bicyclic) bond motifs is 3. The molecule has 0 N–H and O–H groups in total. The molecule has 3 aromatic rings. The molecule has 0 aliphatic heterocycles. The highest BCUT2D eigenvalue weighted by Gasteiger charge is 2.31. The van der Waals surface area contributed by atoms with Gasteiger partial charge in [0, 0.05) is 6.54 Å². The first-order valence-corrected chi connectivity index (χ1v) is 11.5. The fourth-order valence-electron chi connectivity index (χ4n) is 4.28. The van der Waals surface area contributed by atoms with Crippen molar-refractivity contribution in [1.82, 2.24) is 19.7 Å². The first kappa shape index (κ1) is 20.2. The highest BCUT2D eigenvalue weighted by atomic mass is 32.2. The third-order valence-corrected chi connectivity index (χ3v) is 7.05. The monoisotopic (exact) mass is 406 g/mol. The van der Waals surface area contributed by atoms with Crippen LogP contribution in [0.2, 0.25) is 0 Å². The SMILES string of the molecule is CCCCn1c(SC2c3ccccc3-c3ccccc32)nnc1[C@@H](CC)N(C)C. The summed E-state index contributed by atoms with van der Waals surface area (Å²) in [6.45, 7) is 5.44. The molecule has 0 saturated heterocycles. The van der Waals surface area contributed by atoms with Crippen molar-refractivity contribution in [2.45, 2.75) is 56.1 Å². The van der Waals surface area contributed by atoms with Gasteiger partial charge >= 0.3 is 0 Å². The molecule has 0 bridgehead atoms. The zero-order valence-corrected chi connectivity index (χ0v) is 18.6. The van der Waals surface area contributed by atoms with E-state index < -0.39 is 0 Å². The maximum absolute atomic E-state index is 4.68. The fraction of sp³-hybridized carbons (Fsp3) is 0.417. The molecule has 1 heterocycles. The van der Waals surface area contributed by atoms with Gasteiger partial charge < -0.3 is 4.57 Å². The molecular formula is C24H30N4S. The minimum Gasteiger partial charge on any atom is -0.305 e. The summed E-state index contributed by atoms with van der Waals surface area (Å²) in [7, 11) is 4.26. The smallest absolute Gasteiger partial charge is 0.192 e. The van der Waals surface area contributed by atoms with Gasteiger partial charge in [-0.15, -0.1) is 10.2 Å². The number of hydrogen-bond donors (Lipinski definition) is 0. The molecule has 5 heteroatoms. The first-order chi connectivity index (χ1) is 14.2. The Labute approximate surface area is 178 Å². The van der Waals surface area contributed by atoms with Crippen LogP contribution in [0.4, 0.5) is 0 Å². The Morgan fingerprint density at radius 3 is 2.14 bits per heavy atom. The highest BCUT2D eigenvalue weighted by Crippen LogP contribution is 2.51. The molecule has 2 aromatic carbocycles. The Balaban J connectivity index is 1.74. The molecule has 0 saturated carbocycles. The van der Waals surface area contributed by atoms with Crippen molar-refractivity contribution in [2.75, 3.05) is 14.1 Å². The maximum atomic E-state index is 4.68. The van der Waals surface area contributed by atoms with Crippen molar-refractivity contribution in [3.05, 3.63) is 65.5 Å². The largest absolute Gasteiger partial charge is 0.305 e. The summed E-state index contributed by atoms with van der Waals surface area (Å²) in [6, 6.07) is 17.8. The number of thioether (sulfide) groups is 1. The number of aromatic nitrogens is 3. The quantitative estimate of drug-likeness (QED) is 0.463. The second-order valence-electron chi connectivity index (χ2n) is 7.91. The van der Waals surface area contributed by atoms with Crippen LogP contribution in [-0.2, 0) is 6.54 Å². The number of hydrogen-bond acceptors (Lipinski definition) is 4. The topological polar surface area (TPSA) is 34.0 Å². The molecule has 4 nitrogen and oxygen atoms in total. The molecule has 0 radical (unpaired) electrons. The molecule has 152 valence electrons. The Kier molecular flexibility index (Phi) is 6.07. The zero-order chi connectivity index (χ0) is 20.4. The van der Waals surface area contributed by atoms with Gasteiger partial charge in [0.25, 0.3) is 0 Å². The predicted octanol–water partition coefficient (Wildman–Crippen LogP) is 5.95. The summed E-state index contributed by atoms with van der Waals surface area (Å²) >= 11 is 1.84. The zero-order valence-electron chi connectivity index (χ0n) is 17.8. The summed E-state index contributed by atoms with van der Waals surface area (Å²) in [4.78, 5) is 2.25. The van der Waals surface area contributed by atoms with Crippen molar-refractivity contribution in [3.8, 4) is 11.1 Å². The normalized spacial score (nSPS) is 14.2. The van der Waals surface area contributed by atoms with Crippen LogP contribution in [-0.4, -0.2) is 33.8 Å². The van der Waals surface area contributed by atoms with Crippen LogP contribution in [0.5, 0.6) is 0 Å². The summed E-state index contributed by atoms with van der Waals surface area (Å²) in [6.07, 6.45) is 3.33. The van der Waals surface area contributed by atoms with E-state index in [0.29, 0.717) is 0 Å². The van der Waals surface area contributed by atoms with E-state index in [1.165, 1.54) is 22.3 Å². The van der Waals surface area contributed by atoms with Crippen LogP contribution < -0.4 is 0 Å². The van der Waals surface area contributed by atoms with E-state index in [-0.39, 0.29) is 11.3 Å². The van der Waals surface area contributed by atoms with Gasteiger partial charge in [-0.3, -0.25) is 4.90 Å². The van der Waals surface area contributed by atoms with Gasteiger partial charge in [-0.2, -0.15) is 0 Å². The third-order valence-electron chi connectivity index (χ3n) is 5.79. The van der Waals surface area contributed by atoms with Crippen LogP contribution in [0.1, 0.15) is 61.4 Å². The lowest BCUT2D eigenvalue weighted by atomic mass is 10.1. The summed E-state index contributed by atoms with van der Waals surface area (Å²) in [5, 5.41) is 10.6. The standard InChI is InChI=1S/C24H30N4S/c1-5-7-16-28-23(21(6-2)27(3)4)25-26-24(28)29-22-19-14-10-8-12-17(19)18-13-9-11-15-20(18)22/h8-15,21-22H,5-7,16H2,1-4H3/t21-/m1/s1. The molecule has 4 rings (SSSR count). The average Bonchev–Trinajstić information content (AvgIpc) is 3.27. The van der Waals surface area contributed by atoms with Crippen LogP contribution in [0, 0.1) is 0 Å². The van der Waals surface area contributed by atoms with E-state index >= 15 is 0 Å². The molecule has 1 atom stereocenters. The fourth-order valence-corrected chi connectivity index (χ4v) is 5.56. The maximum Gasteiger partial charge on any atom is 0.192 e. The Bertz CT molecular complexity index is 933. The van der Waals surface area contributed by atoms with E-state index in [4.69, 9.17) is 0 Å². The van der Waals surface area contributed by atoms with E-state index in [9.17, 15) is 0 Å². The number of rotatable bonds is 8. The van der Waals surface area contributed by atoms with Crippen molar-refractivity contribution in [3.63, 3.8) is 0 Å². The number of unbranched alkanes of at least 4 members (excludes halogenated alkanes) is 1. The molecular weight excluding hydrogens is 376 g/mol. The van der Waals surface area contributed by atoms with E-state index in [2.05, 4.69) is 96.1 Å². The van der Waals surface area contributed by atoms with E-state index in [1.54, 1.807) is 0 Å². The van der Waals surface area contributed by atoms with Crippen molar-refractivity contribution >= 4 is 11.8 Å². The van der Waals surface area contributed by atoms with Gasteiger partial charge in [0.2, 0.25) is 0 Å². The van der Waals surface area contributed by atoms with E-state index in [0.717, 1.165) is 36.8 Å². The molecule has 0 unspecified atom stereocenters. The van der Waals surface area contributed by atoms with Crippen molar-refractivity contribution in [1.29, 1.82) is 0 Å². The second-order valence-corrected chi connectivity index (χ2v) is 8.98. The molecule has 1 aliphatic rings. The van der Waals surface area contributed by atoms with Gasteiger partial charge in [-0.25, -0.2) is 0 Å². The second kappa shape index (κ2) is 8.72. The lowest BCUT2D eigenvalue weighted by Crippen LogP contribution is -2.23. The highest BCUT2D eigenvalue weighted by molar-refractivity contribution is 7.99. The van der Waals surface area contributed by atoms with Crippen molar-refractivity contribution in [2.24, 2.45) is 0 Å². The van der Waals surface area contributed by atoms with Crippen LogP contribution in [0.15, 0.2) is 53.7 Å². The lowest BCUT2D eigenvalue weighted by Gasteiger charge is -2.23. The summed E-state index contributed by atoms with van der Waals surface area (Å²) < 4.78 is 2.37. The molecule has 1 aromatic heterocycles. The van der Waals surface area contributed by atoms with Gasteiger partial charge in [0.15, 0.2) is 11.0 Å². The molecule has 29 heavy (non-hydrogen) atoms. The van der Waals surface area contributed by atoms with E-state index in [1.807, 2.05) is 11.8 Å². The molecule has 0 spiro atoms. The predicted molar refractivity (Wildman–Crippen MR) is 121 cm³/mol. The van der Waals surface area contributed by atoms with Gasteiger partial charge in [0.05, 0.1) is 11.3 Å². The molecule has 0 fully saturated rings. The average molecular weight is 407 g/mol. The van der Waals surface area contributed by atoms with Crippen LogP contribution in [0.3, 0.4) is 0 Å². The summed E-state index contributed by atoms with van der Waals surface area (Å²) in [5.41, 5.74) is 5.45. The molecule has 1 aliphatic carbocycles. The Morgan fingerprint density at radius 1 is 0.966 bits per heavy atom. The minimum atomic E-state index is 0.263. The first-order valence-electron chi connectivity index (χ1n) is 10.6. The van der Waals surface area contributed by atoms with Gasteiger partial charge in [0.1, 0.15) is 0 Å². The van der Waals surface area contributed by atoms with Gasteiger partial charge in [-0.05, 0) is 49.2 Å². The lowest BCUT2D eigenvalue weighted by molar-refractivity contribution is 0.270. The Hall–Kier alpha value is -2.11. The summed E-state index contributed by atoms with van der Waals surface area (Å²) in [5.74, 6) is 1.09. The minimum absolute atomic E-state index is 0.263. The number of nitrogens with zero attached hydrogens (tertiary/aromatic N) is 4. The van der Waals surface area contributed by atoms with Crippen LogP contribution in [0.25, 0.3) is 11.1 Å². The van der Waals surface area contributed by atoms with Gasteiger partial charge in [-0.1, -0.05) is 80.6 Å². The Morgan fingerprint density at radius 2 is 1.59 bits per heavy atom. The number of benzene rings is 2. The van der Waals surface area contributed by atoms with Crippen molar-refractivity contribution < 1.29 is 0 Å².